The molecule has 144 valence electrons. The van der Waals surface area contributed by atoms with Gasteiger partial charge in [-0.25, -0.2) is 0 Å². The quantitative estimate of drug-likeness (QED) is 0.841. The third kappa shape index (κ3) is 3.79. The van der Waals surface area contributed by atoms with Gasteiger partial charge in [-0.2, -0.15) is 0 Å². The zero-order valence-electron chi connectivity index (χ0n) is 16.1. The SMILES string of the molecule is CCc1cc2c(cc1C(C)NC(=O)c1cccc(OC)c1OC)OCCO2. The normalized spacial score (nSPS) is 13.6. The first kappa shape index (κ1) is 18.9. The Labute approximate surface area is 159 Å². The summed E-state index contributed by atoms with van der Waals surface area (Å²) in [4.78, 5) is 12.9. The van der Waals surface area contributed by atoms with Crippen molar-refractivity contribution in [2.75, 3.05) is 27.4 Å². The number of carbonyl (C=O) groups is 1. The lowest BCUT2D eigenvalue weighted by molar-refractivity contribution is 0.0936. The molecule has 1 atom stereocenters. The van der Waals surface area contributed by atoms with Crippen LogP contribution in [-0.2, 0) is 6.42 Å². The first-order valence-corrected chi connectivity index (χ1v) is 9.03. The maximum atomic E-state index is 12.9. The van der Waals surface area contributed by atoms with Crippen molar-refractivity contribution in [2.24, 2.45) is 0 Å². The number of benzene rings is 2. The van der Waals surface area contributed by atoms with Crippen molar-refractivity contribution in [1.29, 1.82) is 0 Å². The molecule has 0 spiro atoms. The summed E-state index contributed by atoms with van der Waals surface area (Å²) in [6.07, 6.45) is 0.828. The molecule has 0 aromatic heterocycles. The smallest absolute Gasteiger partial charge is 0.255 e. The van der Waals surface area contributed by atoms with E-state index in [0.29, 0.717) is 36.0 Å². The van der Waals surface area contributed by atoms with Crippen molar-refractivity contribution < 1.29 is 23.7 Å². The second-order valence-electron chi connectivity index (χ2n) is 6.28. The number of hydrogen-bond donors (Lipinski definition) is 1. The highest BCUT2D eigenvalue weighted by Gasteiger charge is 2.22. The van der Waals surface area contributed by atoms with Crippen LogP contribution in [0.1, 0.15) is 41.4 Å². The third-order valence-corrected chi connectivity index (χ3v) is 4.65. The van der Waals surface area contributed by atoms with Gasteiger partial charge in [-0.05, 0) is 48.7 Å². The summed E-state index contributed by atoms with van der Waals surface area (Å²) in [5.41, 5.74) is 2.56. The van der Waals surface area contributed by atoms with Crippen LogP contribution in [0.2, 0.25) is 0 Å². The largest absolute Gasteiger partial charge is 0.493 e. The second kappa shape index (κ2) is 8.20. The van der Waals surface area contributed by atoms with Crippen LogP contribution in [0.15, 0.2) is 30.3 Å². The molecule has 1 N–H and O–H groups in total. The van der Waals surface area contributed by atoms with E-state index in [1.807, 2.05) is 19.1 Å². The lowest BCUT2D eigenvalue weighted by atomic mass is 9.98. The van der Waals surface area contributed by atoms with E-state index < -0.39 is 0 Å². The van der Waals surface area contributed by atoms with Gasteiger partial charge in [0.15, 0.2) is 23.0 Å². The third-order valence-electron chi connectivity index (χ3n) is 4.65. The molecular weight excluding hydrogens is 346 g/mol. The fourth-order valence-corrected chi connectivity index (χ4v) is 3.27. The molecule has 2 aromatic carbocycles. The second-order valence-corrected chi connectivity index (χ2v) is 6.28. The molecular formula is C21H25NO5. The molecule has 1 heterocycles. The standard InChI is InChI=1S/C21H25NO5/c1-5-14-11-18-19(27-10-9-26-18)12-16(14)13(2)22-21(23)15-7-6-8-17(24-3)20(15)25-4/h6-8,11-13H,5,9-10H2,1-4H3,(H,22,23). The van der Waals surface area contributed by atoms with E-state index in [-0.39, 0.29) is 11.9 Å². The molecule has 0 radical (unpaired) electrons. The molecule has 0 fully saturated rings. The molecule has 2 aromatic rings. The summed E-state index contributed by atoms with van der Waals surface area (Å²) in [6, 6.07) is 8.99. The predicted octanol–water partition coefficient (Wildman–Crippen LogP) is 3.53. The summed E-state index contributed by atoms with van der Waals surface area (Å²) < 4.78 is 22.0. The average molecular weight is 371 g/mol. The number of methoxy groups -OCH3 is 2. The number of nitrogens with one attached hydrogen (secondary N) is 1. The van der Waals surface area contributed by atoms with Gasteiger partial charge in [-0.1, -0.05) is 13.0 Å². The van der Waals surface area contributed by atoms with Crippen molar-refractivity contribution in [3.63, 3.8) is 0 Å². The Morgan fingerprint density at radius 3 is 2.48 bits per heavy atom. The molecule has 1 aliphatic heterocycles. The molecule has 0 bridgehead atoms. The van der Waals surface area contributed by atoms with Gasteiger partial charge < -0.3 is 24.3 Å². The van der Waals surface area contributed by atoms with E-state index in [1.165, 1.54) is 7.11 Å². The number of hydrogen-bond acceptors (Lipinski definition) is 5. The van der Waals surface area contributed by atoms with Gasteiger partial charge in [0.2, 0.25) is 0 Å². The van der Waals surface area contributed by atoms with Crippen LogP contribution >= 0.6 is 0 Å². The van der Waals surface area contributed by atoms with Gasteiger partial charge in [0.25, 0.3) is 5.91 Å². The minimum absolute atomic E-state index is 0.209. The zero-order chi connectivity index (χ0) is 19.4. The highest BCUT2D eigenvalue weighted by molar-refractivity contribution is 5.98. The van der Waals surface area contributed by atoms with Crippen LogP contribution in [0.4, 0.5) is 0 Å². The molecule has 0 aliphatic carbocycles. The molecule has 0 saturated heterocycles. The Bertz CT molecular complexity index is 834. The molecule has 0 saturated carbocycles. The van der Waals surface area contributed by atoms with Crippen LogP contribution in [0, 0.1) is 0 Å². The van der Waals surface area contributed by atoms with Gasteiger partial charge in [0, 0.05) is 0 Å². The zero-order valence-corrected chi connectivity index (χ0v) is 16.1. The average Bonchev–Trinajstić information content (AvgIpc) is 2.71. The minimum Gasteiger partial charge on any atom is -0.493 e. The van der Waals surface area contributed by atoms with Gasteiger partial charge in [-0.15, -0.1) is 0 Å². The van der Waals surface area contributed by atoms with E-state index in [0.717, 1.165) is 23.3 Å². The molecule has 1 aliphatic rings. The van der Waals surface area contributed by atoms with Gasteiger partial charge in [0.05, 0.1) is 25.8 Å². The van der Waals surface area contributed by atoms with Crippen LogP contribution in [0.5, 0.6) is 23.0 Å². The Hall–Kier alpha value is -2.89. The van der Waals surface area contributed by atoms with E-state index in [4.69, 9.17) is 18.9 Å². The van der Waals surface area contributed by atoms with E-state index in [9.17, 15) is 4.79 Å². The molecule has 1 unspecified atom stereocenters. The van der Waals surface area contributed by atoms with Gasteiger partial charge in [-0.3, -0.25) is 4.79 Å². The highest BCUT2D eigenvalue weighted by atomic mass is 16.6. The first-order valence-electron chi connectivity index (χ1n) is 9.03. The summed E-state index contributed by atoms with van der Waals surface area (Å²) in [6.45, 7) is 5.11. The summed E-state index contributed by atoms with van der Waals surface area (Å²) >= 11 is 0. The van der Waals surface area contributed by atoms with Crippen LogP contribution < -0.4 is 24.3 Å². The minimum atomic E-state index is -0.227. The Balaban J connectivity index is 1.87. The molecule has 27 heavy (non-hydrogen) atoms. The van der Waals surface area contributed by atoms with Gasteiger partial charge in [0.1, 0.15) is 13.2 Å². The summed E-state index contributed by atoms with van der Waals surface area (Å²) in [7, 11) is 3.07. The highest BCUT2D eigenvalue weighted by Crippen LogP contribution is 2.36. The Morgan fingerprint density at radius 1 is 1.15 bits per heavy atom. The fraction of sp³-hybridized carbons (Fsp3) is 0.381. The molecule has 3 rings (SSSR count). The lowest BCUT2D eigenvalue weighted by Gasteiger charge is -2.24. The number of aryl methyl sites for hydroxylation is 1. The maximum absolute atomic E-state index is 12.9. The van der Waals surface area contributed by atoms with Crippen molar-refractivity contribution >= 4 is 5.91 Å². The van der Waals surface area contributed by atoms with Gasteiger partial charge >= 0.3 is 0 Å². The number of ether oxygens (including phenoxy) is 4. The maximum Gasteiger partial charge on any atom is 0.255 e. The predicted molar refractivity (Wildman–Crippen MR) is 102 cm³/mol. The number of amides is 1. The molecule has 6 nitrogen and oxygen atoms in total. The van der Waals surface area contributed by atoms with Crippen molar-refractivity contribution in [1.82, 2.24) is 5.32 Å². The van der Waals surface area contributed by atoms with Crippen LogP contribution in [0.3, 0.4) is 0 Å². The fourth-order valence-electron chi connectivity index (χ4n) is 3.27. The number of fused-ring (bicyclic) bond motifs is 1. The number of rotatable bonds is 6. The van der Waals surface area contributed by atoms with Crippen LogP contribution in [0.25, 0.3) is 0 Å². The molecule has 6 heteroatoms. The Kier molecular flexibility index (Phi) is 5.74. The first-order chi connectivity index (χ1) is 13.1. The Morgan fingerprint density at radius 2 is 1.85 bits per heavy atom. The van der Waals surface area contributed by atoms with Crippen molar-refractivity contribution in [2.45, 2.75) is 26.3 Å². The lowest BCUT2D eigenvalue weighted by Crippen LogP contribution is -2.28. The van der Waals surface area contributed by atoms with E-state index in [2.05, 4.69) is 12.2 Å². The van der Waals surface area contributed by atoms with Crippen LogP contribution in [-0.4, -0.2) is 33.3 Å². The van der Waals surface area contributed by atoms with E-state index in [1.54, 1.807) is 25.3 Å². The summed E-state index contributed by atoms with van der Waals surface area (Å²) in [5, 5.41) is 3.05. The van der Waals surface area contributed by atoms with Crippen molar-refractivity contribution in [3.05, 3.63) is 47.0 Å². The van der Waals surface area contributed by atoms with E-state index >= 15 is 0 Å². The number of carbonyl (C=O) groups excluding carboxylic acids is 1. The number of para-hydroxylation sites is 1. The van der Waals surface area contributed by atoms with Crippen molar-refractivity contribution in [3.8, 4) is 23.0 Å². The topological polar surface area (TPSA) is 66.0 Å². The summed E-state index contributed by atoms with van der Waals surface area (Å²) in [5.74, 6) is 2.19. The molecule has 1 amide bonds. The monoisotopic (exact) mass is 371 g/mol.